The molecule has 0 spiro atoms. The molecular weight excluding hydrogens is 194 g/mol. The molecule has 0 N–H and O–H groups in total. The topological polar surface area (TPSA) is 3.24 Å². The normalized spacial score (nSPS) is 19.4. The van der Waals surface area contributed by atoms with Crippen LogP contribution in [0, 0.1) is 5.92 Å². The SMILES string of the molecule is CCN(C1=CC=CC[C@@H]1C)c1ccccc1. The standard InChI is InChI=1S/C15H19N/c1-3-16(14-10-5-4-6-11-14)15-12-8-7-9-13(15)2/h4-8,10-13H,3,9H2,1-2H3/t13-/m0/s1. The number of para-hydroxylation sites is 1. The van der Waals surface area contributed by atoms with Crippen LogP contribution in [-0.4, -0.2) is 6.54 Å². The smallest absolute Gasteiger partial charge is 0.0408 e. The molecule has 1 aromatic rings. The molecule has 1 aliphatic carbocycles. The Balaban J connectivity index is 2.29. The summed E-state index contributed by atoms with van der Waals surface area (Å²) in [7, 11) is 0. The third-order valence-electron chi connectivity index (χ3n) is 3.09. The van der Waals surface area contributed by atoms with Crippen LogP contribution in [0.3, 0.4) is 0 Å². The van der Waals surface area contributed by atoms with Crippen molar-refractivity contribution in [3.05, 3.63) is 54.3 Å². The summed E-state index contributed by atoms with van der Waals surface area (Å²) >= 11 is 0. The molecule has 0 saturated heterocycles. The molecule has 0 fully saturated rings. The van der Waals surface area contributed by atoms with Gasteiger partial charge in [0.25, 0.3) is 0 Å². The minimum atomic E-state index is 0.616. The Hall–Kier alpha value is -1.50. The summed E-state index contributed by atoms with van der Waals surface area (Å²) in [6.07, 6.45) is 7.80. The van der Waals surface area contributed by atoms with Gasteiger partial charge in [-0.05, 0) is 37.5 Å². The zero-order valence-electron chi connectivity index (χ0n) is 10.1. The number of nitrogens with zero attached hydrogens (tertiary/aromatic N) is 1. The van der Waals surface area contributed by atoms with Gasteiger partial charge in [0.05, 0.1) is 0 Å². The van der Waals surface area contributed by atoms with Gasteiger partial charge in [-0.1, -0.05) is 37.3 Å². The van der Waals surface area contributed by atoms with Crippen molar-refractivity contribution in [1.29, 1.82) is 0 Å². The van der Waals surface area contributed by atoms with E-state index in [9.17, 15) is 0 Å². The molecule has 1 nitrogen and oxygen atoms in total. The minimum absolute atomic E-state index is 0.616. The van der Waals surface area contributed by atoms with Crippen LogP contribution in [0.4, 0.5) is 5.69 Å². The Kier molecular flexibility index (Phi) is 3.45. The molecule has 0 unspecified atom stereocenters. The van der Waals surface area contributed by atoms with Gasteiger partial charge in [0, 0.05) is 17.9 Å². The molecular formula is C15H19N. The van der Waals surface area contributed by atoms with E-state index in [4.69, 9.17) is 0 Å². The van der Waals surface area contributed by atoms with Crippen LogP contribution in [0.1, 0.15) is 20.3 Å². The maximum absolute atomic E-state index is 2.40. The van der Waals surface area contributed by atoms with Gasteiger partial charge in [-0.25, -0.2) is 0 Å². The van der Waals surface area contributed by atoms with Crippen LogP contribution >= 0.6 is 0 Å². The first-order valence-corrected chi connectivity index (χ1v) is 6.02. The number of anilines is 1. The Morgan fingerprint density at radius 3 is 2.62 bits per heavy atom. The Bertz CT molecular complexity index is 389. The second-order valence-corrected chi connectivity index (χ2v) is 4.24. The summed E-state index contributed by atoms with van der Waals surface area (Å²) in [5.41, 5.74) is 2.72. The monoisotopic (exact) mass is 213 g/mol. The molecule has 2 rings (SSSR count). The molecule has 1 heteroatoms. The third-order valence-corrected chi connectivity index (χ3v) is 3.09. The van der Waals surface area contributed by atoms with Crippen LogP contribution in [0.2, 0.25) is 0 Å². The summed E-state index contributed by atoms with van der Waals surface area (Å²) in [4.78, 5) is 2.40. The lowest BCUT2D eigenvalue weighted by atomic mass is 9.97. The van der Waals surface area contributed by atoms with E-state index in [1.54, 1.807) is 0 Å². The second kappa shape index (κ2) is 5.02. The molecule has 0 saturated carbocycles. The largest absolute Gasteiger partial charge is 0.345 e. The fourth-order valence-corrected chi connectivity index (χ4v) is 2.21. The summed E-state index contributed by atoms with van der Waals surface area (Å²) in [5.74, 6) is 0.616. The van der Waals surface area contributed by atoms with E-state index < -0.39 is 0 Å². The van der Waals surface area contributed by atoms with Crippen LogP contribution in [-0.2, 0) is 0 Å². The Morgan fingerprint density at radius 1 is 1.25 bits per heavy atom. The summed E-state index contributed by atoms with van der Waals surface area (Å²) in [6.45, 7) is 5.52. The van der Waals surface area contributed by atoms with Crippen molar-refractivity contribution < 1.29 is 0 Å². The first kappa shape index (κ1) is 11.0. The quantitative estimate of drug-likeness (QED) is 0.733. The molecule has 84 valence electrons. The molecule has 0 heterocycles. The van der Waals surface area contributed by atoms with Crippen molar-refractivity contribution in [3.63, 3.8) is 0 Å². The van der Waals surface area contributed by atoms with Gasteiger partial charge in [0.2, 0.25) is 0 Å². The summed E-state index contributed by atoms with van der Waals surface area (Å²) < 4.78 is 0. The van der Waals surface area contributed by atoms with Crippen LogP contribution in [0.15, 0.2) is 54.3 Å². The lowest BCUT2D eigenvalue weighted by molar-refractivity contribution is 0.649. The van der Waals surface area contributed by atoms with Gasteiger partial charge in [0.15, 0.2) is 0 Å². The first-order valence-electron chi connectivity index (χ1n) is 6.02. The fraction of sp³-hybridized carbons (Fsp3) is 0.333. The Labute approximate surface area is 98.1 Å². The zero-order valence-corrected chi connectivity index (χ0v) is 10.1. The zero-order chi connectivity index (χ0) is 11.4. The maximum atomic E-state index is 2.40. The van der Waals surface area contributed by atoms with Crippen LogP contribution in [0.5, 0.6) is 0 Å². The molecule has 1 aromatic carbocycles. The first-order chi connectivity index (χ1) is 7.83. The van der Waals surface area contributed by atoms with Crippen molar-refractivity contribution in [2.75, 3.05) is 11.4 Å². The fourth-order valence-electron chi connectivity index (χ4n) is 2.21. The number of hydrogen-bond donors (Lipinski definition) is 0. The number of rotatable bonds is 3. The van der Waals surface area contributed by atoms with Gasteiger partial charge in [-0.15, -0.1) is 0 Å². The lowest BCUT2D eigenvalue weighted by Gasteiger charge is -2.31. The van der Waals surface area contributed by atoms with E-state index >= 15 is 0 Å². The van der Waals surface area contributed by atoms with Gasteiger partial charge < -0.3 is 4.90 Å². The molecule has 16 heavy (non-hydrogen) atoms. The number of benzene rings is 1. The average Bonchev–Trinajstić information content (AvgIpc) is 2.34. The van der Waals surface area contributed by atoms with Gasteiger partial charge >= 0.3 is 0 Å². The predicted molar refractivity (Wildman–Crippen MR) is 70.5 cm³/mol. The molecule has 0 amide bonds. The Morgan fingerprint density at radius 2 is 2.00 bits per heavy atom. The molecule has 0 aliphatic heterocycles. The average molecular weight is 213 g/mol. The van der Waals surface area contributed by atoms with Gasteiger partial charge in [0.1, 0.15) is 0 Å². The number of allylic oxidation sites excluding steroid dienone is 4. The molecule has 1 atom stereocenters. The van der Waals surface area contributed by atoms with E-state index in [2.05, 4.69) is 67.3 Å². The molecule has 0 radical (unpaired) electrons. The van der Waals surface area contributed by atoms with Crippen molar-refractivity contribution >= 4 is 5.69 Å². The summed E-state index contributed by atoms with van der Waals surface area (Å²) in [6, 6.07) is 10.6. The highest BCUT2D eigenvalue weighted by atomic mass is 15.1. The minimum Gasteiger partial charge on any atom is -0.345 e. The highest BCUT2D eigenvalue weighted by Gasteiger charge is 2.16. The molecule has 1 aliphatic rings. The van der Waals surface area contributed by atoms with E-state index in [1.165, 1.54) is 11.4 Å². The van der Waals surface area contributed by atoms with Crippen LogP contribution in [0.25, 0.3) is 0 Å². The predicted octanol–water partition coefficient (Wildman–Crippen LogP) is 3.99. The van der Waals surface area contributed by atoms with E-state index in [1.807, 2.05) is 0 Å². The van der Waals surface area contributed by atoms with Crippen LogP contribution < -0.4 is 4.90 Å². The summed E-state index contributed by atoms with van der Waals surface area (Å²) in [5, 5.41) is 0. The van der Waals surface area contributed by atoms with E-state index in [-0.39, 0.29) is 0 Å². The van der Waals surface area contributed by atoms with E-state index in [0.29, 0.717) is 5.92 Å². The third kappa shape index (κ3) is 2.19. The highest BCUT2D eigenvalue weighted by molar-refractivity contribution is 5.53. The van der Waals surface area contributed by atoms with E-state index in [0.717, 1.165) is 13.0 Å². The van der Waals surface area contributed by atoms with Crippen molar-refractivity contribution in [3.8, 4) is 0 Å². The maximum Gasteiger partial charge on any atom is 0.0408 e. The van der Waals surface area contributed by atoms with Crippen molar-refractivity contribution in [2.45, 2.75) is 20.3 Å². The molecule has 0 aromatic heterocycles. The van der Waals surface area contributed by atoms with Gasteiger partial charge in [-0.2, -0.15) is 0 Å². The van der Waals surface area contributed by atoms with Crippen molar-refractivity contribution in [1.82, 2.24) is 0 Å². The number of hydrogen-bond acceptors (Lipinski definition) is 1. The second-order valence-electron chi connectivity index (χ2n) is 4.24. The van der Waals surface area contributed by atoms with Gasteiger partial charge in [-0.3, -0.25) is 0 Å². The lowest BCUT2D eigenvalue weighted by Crippen LogP contribution is -2.26. The molecule has 0 bridgehead atoms. The highest BCUT2D eigenvalue weighted by Crippen LogP contribution is 2.27. The van der Waals surface area contributed by atoms with Crippen molar-refractivity contribution in [2.24, 2.45) is 5.92 Å².